The maximum Gasteiger partial charge on any atom is 0.155 e. The van der Waals surface area contributed by atoms with Crippen molar-refractivity contribution in [2.75, 3.05) is 0 Å². The summed E-state index contributed by atoms with van der Waals surface area (Å²) in [6, 6.07) is 16.7. The molecule has 7 atom stereocenters. The van der Waals surface area contributed by atoms with E-state index in [1.165, 1.54) is 28.7 Å². The van der Waals surface area contributed by atoms with Gasteiger partial charge in [-0.2, -0.15) is 5.26 Å². The van der Waals surface area contributed by atoms with Gasteiger partial charge in [-0.3, -0.25) is 4.79 Å². The third-order valence-corrected chi connectivity index (χ3v) is 11.9. The fourth-order valence-electron chi connectivity index (χ4n) is 9.99. The molecule has 3 unspecified atom stereocenters. The van der Waals surface area contributed by atoms with Gasteiger partial charge in [0, 0.05) is 11.8 Å². The number of allylic oxidation sites excluding steroid dienone is 2. The minimum Gasteiger partial charge on any atom is -0.385 e. The third-order valence-electron chi connectivity index (χ3n) is 11.9. The molecule has 1 N–H and O–H groups in total. The Hall–Kier alpha value is -2.96. The molecule has 3 nitrogen and oxygen atoms in total. The number of benzene rings is 2. The number of aryl methyl sites for hydroxylation is 2. The van der Waals surface area contributed by atoms with E-state index < -0.39 is 5.60 Å². The topological polar surface area (TPSA) is 61.1 Å². The summed E-state index contributed by atoms with van der Waals surface area (Å²) < 4.78 is 0. The van der Waals surface area contributed by atoms with Crippen molar-refractivity contribution >= 4 is 5.78 Å². The molecule has 3 saturated carbocycles. The van der Waals surface area contributed by atoms with Gasteiger partial charge < -0.3 is 5.11 Å². The molecule has 0 amide bonds. The van der Waals surface area contributed by atoms with Crippen LogP contribution in [0.4, 0.5) is 0 Å². The smallest absolute Gasteiger partial charge is 0.155 e. The summed E-state index contributed by atoms with van der Waals surface area (Å²) in [7, 11) is 0. The molecular weight excluding hydrogens is 502 g/mol. The van der Waals surface area contributed by atoms with Crippen LogP contribution >= 0.6 is 0 Å². The maximum atomic E-state index is 12.4. The highest BCUT2D eigenvalue weighted by Crippen LogP contribution is 2.73. The van der Waals surface area contributed by atoms with Gasteiger partial charge in [0.05, 0.1) is 17.2 Å². The van der Waals surface area contributed by atoms with Crippen molar-refractivity contribution in [3.8, 4) is 6.07 Å². The number of nitrogens with zero attached hydrogens (tertiary/aromatic N) is 1. The highest BCUT2D eigenvalue weighted by molar-refractivity contribution is 5.91. The van der Waals surface area contributed by atoms with E-state index in [2.05, 4.69) is 63.3 Å². The van der Waals surface area contributed by atoms with Gasteiger partial charge in [0.2, 0.25) is 0 Å². The zero-order valence-corrected chi connectivity index (χ0v) is 25.2. The number of nitriles is 1. The average molecular weight is 548 g/mol. The second-order valence-electron chi connectivity index (χ2n) is 14.0. The highest BCUT2D eigenvalue weighted by Gasteiger charge is 2.67. The minimum absolute atomic E-state index is 0.0725. The summed E-state index contributed by atoms with van der Waals surface area (Å²) in [5.74, 6) is 2.70. The first-order valence-electron chi connectivity index (χ1n) is 15.8. The van der Waals surface area contributed by atoms with Crippen LogP contribution in [0.3, 0.4) is 0 Å². The van der Waals surface area contributed by atoms with Gasteiger partial charge in [-0.1, -0.05) is 73.0 Å². The van der Waals surface area contributed by atoms with Crippen LogP contribution in [0.25, 0.3) is 0 Å². The molecule has 2 aromatic rings. The molecule has 3 heteroatoms. The predicted octanol–water partition coefficient (Wildman–Crippen LogP) is 8.32. The van der Waals surface area contributed by atoms with Crippen molar-refractivity contribution in [2.45, 2.75) is 97.0 Å². The Morgan fingerprint density at radius 2 is 1.80 bits per heavy atom. The number of aliphatic hydroxyl groups is 1. The van der Waals surface area contributed by atoms with Gasteiger partial charge in [-0.15, -0.1) is 0 Å². The lowest BCUT2D eigenvalue weighted by molar-refractivity contribution is -0.128. The quantitative estimate of drug-likeness (QED) is 0.385. The van der Waals surface area contributed by atoms with Crippen LogP contribution in [0.2, 0.25) is 0 Å². The number of fused-ring (bicyclic) bond motifs is 4. The summed E-state index contributed by atoms with van der Waals surface area (Å²) in [4.78, 5) is 12.4. The zero-order chi connectivity index (χ0) is 29.0. The summed E-state index contributed by atoms with van der Waals surface area (Å²) >= 11 is 0. The molecule has 7 rings (SSSR count). The lowest BCUT2D eigenvalue weighted by atomic mass is 9.39. The first-order chi connectivity index (χ1) is 19.6. The Kier molecular flexibility index (Phi) is 7.14. The van der Waals surface area contributed by atoms with Crippen LogP contribution in [-0.4, -0.2) is 16.5 Å². The first-order valence-corrected chi connectivity index (χ1v) is 15.8. The minimum atomic E-state index is -0.688. The first kappa shape index (κ1) is 28.2. The average Bonchev–Trinajstić information content (AvgIpc) is 3.22. The van der Waals surface area contributed by atoms with Crippen molar-refractivity contribution < 1.29 is 9.90 Å². The van der Waals surface area contributed by atoms with Crippen molar-refractivity contribution in [2.24, 2.45) is 28.6 Å². The van der Waals surface area contributed by atoms with Crippen LogP contribution < -0.4 is 0 Å². The van der Waals surface area contributed by atoms with Crippen LogP contribution in [0.5, 0.6) is 0 Å². The molecule has 214 valence electrons. The zero-order valence-electron chi connectivity index (χ0n) is 25.2. The molecule has 3 fully saturated rings. The van der Waals surface area contributed by atoms with Crippen molar-refractivity contribution in [1.82, 2.24) is 0 Å². The van der Waals surface area contributed by atoms with Gasteiger partial charge in [0.25, 0.3) is 0 Å². The Morgan fingerprint density at radius 1 is 1.05 bits per heavy atom. The standard InChI is InChI=1S/C30H38O2.C8H7N/c1-4-5-12-30(32)14-11-26-24-9-7-21-16-22(31)10-13-29(21)17-20-15-19(2)6-8-23(20)25(27(24)29)18-28(26,30)3;1-7-2-4-8(6-9)5-3-7/h5-6,8,12,15-16,24-27,32H,4,7,9-11,13-14,17-18H2,1-3H3;2-5H,1H3/b12-5-;/t24?,25-,26?,27?,28+,29-,30+;/m1./s1. The predicted molar refractivity (Wildman–Crippen MR) is 164 cm³/mol. The SMILES string of the molecule is CC/C=C\[C@]1(O)CCC2C3CCC4=CC(=O)CC[C@@]45Cc4cc(C)ccc4[C@@H](C[C@@]21C)C35.Cc1ccc(C#N)cc1. The molecule has 0 saturated heterocycles. The number of ketones is 1. The van der Waals surface area contributed by atoms with Crippen molar-refractivity contribution in [3.05, 3.63) is 94.1 Å². The number of carbonyl (C=O) groups excluding carboxylic acids is 1. The lowest BCUT2D eigenvalue weighted by Crippen LogP contribution is -2.59. The van der Waals surface area contributed by atoms with Crippen molar-refractivity contribution in [3.63, 3.8) is 0 Å². The molecule has 41 heavy (non-hydrogen) atoms. The molecule has 0 aliphatic heterocycles. The molecule has 2 aromatic carbocycles. The Labute approximate surface area is 246 Å². The van der Waals surface area contributed by atoms with E-state index in [0.717, 1.165) is 50.5 Å². The number of rotatable bonds is 2. The second-order valence-corrected chi connectivity index (χ2v) is 14.0. The van der Waals surface area contributed by atoms with Crippen LogP contribution in [0.1, 0.15) is 98.9 Å². The van der Waals surface area contributed by atoms with E-state index in [9.17, 15) is 9.90 Å². The molecule has 0 radical (unpaired) electrons. The highest BCUT2D eigenvalue weighted by atomic mass is 16.3. The summed E-state index contributed by atoms with van der Waals surface area (Å²) in [5, 5.41) is 20.4. The molecule has 5 aliphatic carbocycles. The monoisotopic (exact) mass is 547 g/mol. The van der Waals surface area contributed by atoms with E-state index in [1.54, 1.807) is 5.56 Å². The van der Waals surface area contributed by atoms with Gasteiger partial charge >= 0.3 is 0 Å². The van der Waals surface area contributed by atoms with Gasteiger partial charge in [-0.05, 0) is 124 Å². The fraction of sp³-hybridized carbons (Fsp3) is 0.526. The molecule has 0 aromatic heterocycles. The molecule has 1 spiro atoms. The molecule has 5 aliphatic rings. The largest absolute Gasteiger partial charge is 0.385 e. The van der Waals surface area contributed by atoms with E-state index in [-0.39, 0.29) is 10.8 Å². The molecule has 0 bridgehead atoms. The van der Waals surface area contributed by atoms with E-state index in [1.807, 2.05) is 31.2 Å². The number of hydrogen-bond acceptors (Lipinski definition) is 3. The van der Waals surface area contributed by atoms with Gasteiger partial charge in [0.1, 0.15) is 0 Å². The molecular formula is C38H45NO2. The van der Waals surface area contributed by atoms with Crippen LogP contribution in [0, 0.1) is 53.8 Å². The van der Waals surface area contributed by atoms with Gasteiger partial charge in [-0.25, -0.2) is 0 Å². The normalized spacial score (nSPS) is 36.6. The molecule has 0 heterocycles. The summed E-state index contributed by atoms with van der Waals surface area (Å²) in [6.07, 6.45) is 15.6. The van der Waals surface area contributed by atoms with Crippen LogP contribution in [-0.2, 0) is 11.2 Å². The fourth-order valence-corrected chi connectivity index (χ4v) is 9.99. The summed E-state index contributed by atoms with van der Waals surface area (Å²) in [5.41, 5.74) is 7.19. The Bertz CT molecular complexity index is 1440. The number of hydrogen-bond donors (Lipinski definition) is 1. The Balaban J connectivity index is 0.000000289. The third kappa shape index (κ3) is 4.45. The lowest BCUT2D eigenvalue weighted by Gasteiger charge is -2.65. The van der Waals surface area contributed by atoms with Crippen molar-refractivity contribution in [1.29, 1.82) is 5.26 Å². The van der Waals surface area contributed by atoms with E-state index in [0.29, 0.717) is 35.9 Å². The van der Waals surface area contributed by atoms with Crippen LogP contribution in [0.15, 0.2) is 66.3 Å². The Morgan fingerprint density at radius 3 is 2.54 bits per heavy atom. The van der Waals surface area contributed by atoms with E-state index in [4.69, 9.17) is 5.26 Å². The van der Waals surface area contributed by atoms with E-state index >= 15 is 0 Å². The summed E-state index contributed by atoms with van der Waals surface area (Å²) in [6.45, 7) is 8.78. The van der Waals surface area contributed by atoms with Gasteiger partial charge in [0.15, 0.2) is 5.78 Å². The maximum absolute atomic E-state index is 12.4. The second kappa shape index (κ2) is 10.4. The number of carbonyl (C=O) groups is 1.